The maximum absolute atomic E-state index is 11.8. The Hall–Kier alpha value is -1.03. The van der Waals surface area contributed by atoms with Gasteiger partial charge in [-0.25, -0.2) is 4.79 Å². The topological polar surface area (TPSA) is 66.4 Å². The number of nitrogens with one attached hydrogen (secondary N) is 1. The molecule has 1 saturated carbocycles. The van der Waals surface area contributed by atoms with Crippen molar-refractivity contribution in [3.05, 3.63) is 11.8 Å². The van der Waals surface area contributed by atoms with Crippen LogP contribution in [0.15, 0.2) is 11.8 Å². The fourth-order valence-electron chi connectivity index (χ4n) is 1.81. The fourth-order valence-corrected chi connectivity index (χ4v) is 2.00. The predicted octanol–water partition coefficient (Wildman–Crippen LogP) is 2.53. The molecule has 0 aromatic heterocycles. The van der Waals surface area contributed by atoms with E-state index >= 15 is 0 Å². The summed E-state index contributed by atoms with van der Waals surface area (Å²) in [6.45, 7) is 4.00. The van der Waals surface area contributed by atoms with Gasteiger partial charge in [0.2, 0.25) is 5.91 Å². The van der Waals surface area contributed by atoms with Gasteiger partial charge < -0.3 is 10.4 Å². The number of amides is 1. The van der Waals surface area contributed by atoms with E-state index in [1.165, 1.54) is 0 Å². The number of aliphatic carboxylic acids is 1. The first-order chi connectivity index (χ1) is 8.38. The summed E-state index contributed by atoms with van der Waals surface area (Å²) in [5, 5.41) is 11.5. The van der Waals surface area contributed by atoms with Crippen molar-refractivity contribution in [2.75, 3.05) is 5.88 Å². The monoisotopic (exact) mass is 273 g/mol. The summed E-state index contributed by atoms with van der Waals surface area (Å²) in [6.07, 6.45) is 4.66. The van der Waals surface area contributed by atoms with Crippen molar-refractivity contribution in [3.8, 4) is 0 Å². The van der Waals surface area contributed by atoms with E-state index < -0.39 is 5.97 Å². The van der Waals surface area contributed by atoms with Crippen LogP contribution in [0.4, 0.5) is 0 Å². The Morgan fingerprint density at radius 1 is 1.44 bits per heavy atom. The Labute approximate surface area is 112 Å². The SMILES string of the molecule is CC1(C)CC1C(=O)N/C(=C/CCCCCl)C(=O)O. The van der Waals surface area contributed by atoms with Crippen molar-refractivity contribution in [2.45, 2.75) is 39.5 Å². The van der Waals surface area contributed by atoms with Gasteiger partial charge in [0.1, 0.15) is 5.70 Å². The first-order valence-electron chi connectivity index (χ1n) is 6.19. The summed E-state index contributed by atoms with van der Waals surface area (Å²) in [5.41, 5.74) is -0.0101. The Balaban J connectivity index is 2.48. The van der Waals surface area contributed by atoms with Crippen molar-refractivity contribution < 1.29 is 14.7 Å². The summed E-state index contributed by atoms with van der Waals surface area (Å²) in [6, 6.07) is 0. The second-order valence-electron chi connectivity index (χ2n) is 5.34. The van der Waals surface area contributed by atoms with Crippen LogP contribution >= 0.6 is 11.6 Å². The molecule has 1 aliphatic carbocycles. The Morgan fingerprint density at radius 3 is 2.50 bits per heavy atom. The van der Waals surface area contributed by atoms with Crippen LogP contribution in [-0.4, -0.2) is 22.9 Å². The van der Waals surface area contributed by atoms with Gasteiger partial charge in [-0.1, -0.05) is 19.9 Å². The van der Waals surface area contributed by atoms with Crippen LogP contribution in [-0.2, 0) is 9.59 Å². The number of carbonyl (C=O) groups is 2. The predicted molar refractivity (Wildman–Crippen MR) is 70.3 cm³/mol. The zero-order valence-electron chi connectivity index (χ0n) is 10.8. The van der Waals surface area contributed by atoms with Crippen LogP contribution in [0.1, 0.15) is 39.5 Å². The van der Waals surface area contributed by atoms with Gasteiger partial charge in [0, 0.05) is 11.8 Å². The Kier molecular flexibility index (Phi) is 5.20. The first kappa shape index (κ1) is 15.0. The van der Waals surface area contributed by atoms with Gasteiger partial charge in [-0.2, -0.15) is 0 Å². The van der Waals surface area contributed by atoms with Crippen LogP contribution < -0.4 is 5.32 Å². The van der Waals surface area contributed by atoms with Crippen molar-refractivity contribution in [1.82, 2.24) is 5.32 Å². The largest absolute Gasteiger partial charge is 0.477 e. The second-order valence-corrected chi connectivity index (χ2v) is 5.72. The molecule has 0 saturated heterocycles. The minimum absolute atomic E-state index is 0.00627. The van der Waals surface area contributed by atoms with Crippen molar-refractivity contribution >= 4 is 23.5 Å². The molecule has 2 N–H and O–H groups in total. The van der Waals surface area contributed by atoms with Crippen LogP contribution in [0.2, 0.25) is 0 Å². The molecule has 1 rings (SSSR count). The average Bonchev–Trinajstić information content (AvgIpc) is 2.92. The van der Waals surface area contributed by atoms with E-state index in [0.717, 1.165) is 19.3 Å². The van der Waals surface area contributed by atoms with E-state index in [1.807, 2.05) is 13.8 Å². The number of unbranched alkanes of at least 4 members (excludes halogenated alkanes) is 2. The molecule has 1 amide bonds. The molecule has 0 bridgehead atoms. The number of carboxylic acid groups (broad SMARTS) is 1. The van der Waals surface area contributed by atoms with Gasteiger partial charge in [0.25, 0.3) is 0 Å². The van der Waals surface area contributed by atoms with Gasteiger partial charge >= 0.3 is 5.97 Å². The Morgan fingerprint density at radius 2 is 2.06 bits per heavy atom. The van der Waals surface area contributed by atoms with Gasteiger partial charge in [0.15, 0.2) is 0 Å². The van der Waals surface area contributed by atoms with Crippen LogP contribution in [0.25, 0.3) is 0 Å². The number of hydrogen-bond donors (Lipinski definition) is 2. The number of halogens is 1. The van der Waals surface area contributed by atoms with E-state index in [2.05, 4.69) is 5.32 Å². The van der Waals surface area contributed by atoms with Gasteiger partial charge in [0.05, 0.1) is 0 Å². The minimum atomic E-state index is -1.09. The molecule has 5 heteroatoms. The number of carboxylic acids is 1. The number of carbonyl (C=O) groups excluding carboxylic acids is 1. The maximum Gasteiger partial charge on any atom is 0.352 e. The van der Waals surface area contributed by atoms with E-state index in [4.69, 9.17) is 16.7 Å². The zero-order valence-corrected chi connectivity index (χ0v) is 11.6. The lowest BCUT2D eigenvalue weighted by molar-refractivity contribution is -0.135. The lowest BCUT2D eigenvalue weighted by Gasteiger charge is -2.07. The summed E-state index contributed by atoms with van der Waals surface area (Å²) in [4.78, 5) is 22.8. The van der Waals surface area contributed by atoms with E-state index in [0.29, 0.717) is 12.3 Å². The molecule has 0 aliphatic heterocycles. The standard InChI is InChI=1S/C13H20ClNO3/c1-13(2)8-9(13)11(16)15-10(12(17)18)6-4-3-5-7-14/h6,9H,3-5,7-8H2,1-2H3,(H,15,16)(H,17,18)/b10-6+. The van der Waals surface area contributed by atoms with E-state index in [9.17, 15) is 9.59 Å². The molecule has 1 fully saturated rings. The summed E-state index contributed by atoms with van der Waals surface area (Å²) in [7, 11) is 0. The average molecular weight is 274 g/mol. The highest BCUT2D eigenvalue weighted by molar-refractivity contribution is 6.17. The smallest absolute Gasteiger partial charge is 0.352 e. The van der Waals surface area contributed by atoms with Crippen LogP contribution in [0.3, 0.4) is 0 Å². The third kappa shape index (κ3) is 4.33. The fraction of sp³-hybridized carbons (Fsp3) is 0.692. The van der Waals surface area contributed by atoms with Crippen LogP contribution in [0, 0.1) is 11.3 Å². The quantitative estimate of drug-likeness (QED) is 0.426. The highest BCUT2D eigenvalue weighted by Gasteiger charge is 2.50. The second kappa shape index (κ2) is 6.23. The summed E-state index contributed by atoms with van der Waals surface area (Å²) < 4.78 is 0. The molecule has 1 unspecified atom stereocenters. The number of alkyl halides is 1. The van der Waals surface area contributed by atoms with Gasteiger partial charge in [-0.3, -0.25) is 4.79 Å². The highest BCUT2D eigenvalue weighted by Crippen LogP contribution is 2.51. The molecular weight excluding hydrogens is 254 g/mol. The zero-order chi connectivity index (χ0) is 13.8. The van der Waals surface area contributed by atoms with Crippen molar-refractivity contribution in [3.63, 3.8) is 0 Å². The van der Waals surface area contributed by atoms with E-state index in [-0.39, 0.29) is 22.9 Å². The van der Waals surface area contributed by atoms with E-state index in [1.54, 1.807) is 6.08 Å². The van der Waals surface area contributed by atoms with Crippen molar-refractivity contribution in [1.29, 1.82) is 0 Å². The molecule has 0 aromatic carbocycles. The molecule has 0 spiro atoms. The lowest BCUT2D eigenvalue weighted by Crippen LogP contribution is -2.29. The molecule has 0 aromatic rings. The van der Waals surface area contributed by atoms with Gasteiger partial charge in [-0.15, -0.1) is 11.6 Å². The molecule has 0 heterocycles. The normalized spacial score (nSPS) is 21.5. The molecule has 18 heavy (non-hydrogen) atoms. The molecule has 1 atom stereocenters. The molecular formula is C13H20ClNO3. The molecule has 4 nitrogen and oxygen atoms in total. The number of rotatable bonds is 7. The highest BCUT2D eigenvalue weighted by atomic mass is 35.5. The molecule has 102 valence electrons. The first-order valence-corrected chi connectivity index (χ1v) is 6.72. The summed E-state index contributed by atoms with van der Waals surface area (Å²) >= 11 is 5.54. The van der Waals surface area contributed by atoms with Crippen molar-refractivity contribution in [2.24, 2.45) is 11.3 Å². The Bertz CT molecular complexity index is 363. The minimum Gasteiger partial charge on any atom is -0.477 e. The van der Waals surface area contributed by atoms with Crippen LogP contribution in [0.5, 0.6) is 0 Å². The maximum atomic E-state index is 11.8. The summed E-state index contributed by atoms with van der Waals surface area (Å²) in [5.74, 6) is -0.777. The third-order valence-electron chi connectivity index (χ3n) is 3.25. The number of hydrogen-bond acceptors (Lipinski definition) is 2. The van der Waals surface area contributed by atoms with Gasteiger partial charge in [-0.05, 0) is 31.1 Å². The number of allylic oxidation sites excluding steroid dienone is 1. The molecule has 0 radical (unpaired) electrons. The molecule has 1 aliphatic rings. The lowest BCUT2D eigenvalue weighted by atomic mass is 10.1. The third-order valence-corrected chi connectivity index (χ3v) is 3.52.